The zero-order valence-electron chi connectivity index (χ0n) is 16.2. The van der Waals surface area contributed by atoms with Gasteiger partial charge < -0.3 is 15.5 Å². The van der Waals surface area contributed by atoms with Crippen LogP contribution in [0.1, 0.15) is 13.3 Å². The molecule has 1 saturated heterocycles. The number of benzene rings is 1. The number of piperazine rings is 1. The highest BCUT2D eigenvalue weighted by Gasteiger charge is 2.18. The van der Waals surface area contributed by atoms with E-state index in [1.165, 1.54) is 12.1 Å². The van der Waals surface area contributed by atoms with Gasteiger partial charge in [-0.05, 0) is 50.4 Å². The van der Waals surface area contributed by atoms with Crippen LogP contribution in [-0.2, 0) is 0 Å². The topological polar surface area (TPSA) is 42.9 Å². The maximum absolute atomic E-state index is 12.9. The van der Waals surface area contributed by atoms with Crippen LogP contribution in [0.3, 0.4) is 0 Å². The fourth-order valence-electron chi connectivity index (χ4n) is 2.86. The summed E-state index contributed by atoms with van der Waals surface area (Å²) in [6.07, 6.45) is 1.02. The highest BCUT2D eigenvalue weighted by molar-refractivity contribution is 7.99. The Hall–Kier alpha value is -1.31. The minimum Gasteiger partial charge on any atom is -0.356 e. The van der Waals surface area contributed by atoms with E-state index in [2.05, 4.69) is 39.4 Å². The molecule has 5 nitrogen and oxygen atoms in total. The fourth-order valence-corrected chi connectivity index (χ4v) is 3.71. The molecule has 1 aromatic carbocycles. The summed E-state index contributed by atoms with van der Waals surface area (Å²) in [7, 11) is 3.99. The third-order valence-corrected chi connectivity index (χ3v) is 5.74. The summed E-state index contributed by atoms with van der Waals surface area (Å²) in [5, 5.41) is 6.80. The van der Waals surface area contributed by atoms with Crippen molar-refractivity contribution in [2.75, 3.05) is 59.1 Å². The molecule has 7 heteroatoms. The molecule has 0 aromatic heterocycles. The van der Waals surface area contributed by atoms with Gasteiger partial charge in [-0.3, -0.25) is 9.89 Å². The predicted octanol–water partition coefficient (Wildman–Crippen LogP) is 2.11. The van der Waals surface area contributed by atoms with Gasteiger partial charge in [0.1, 0.15) is 5.82 Å². The first-order valence-electron chi connectivity index (χ1n) is 9.34. The first-order chi connectivity index (χ1) is 12.6. The molecule has 1 aliphatic heterocycles. The van der Waals surface area contributed by atoms with Crippen LogP contribution < -0.4 is 10.6 Å². The normalized spacial score (nSPS) is 17.9. The maximum atomic E-state index is 12.9. The van der Waals surface area contributed by atoms with Crippen LogP contribution in [0.4, 0.5) is 4.39 Å². The number of rotatable bonds is 8. The van der Waals surface area contributed by atoms with Crippen molar-refractivity contribution in [3.05, 3.63) is 30.1 Å². The van der Waals surface area contributed by atoms with E-state index in [4.69, 9.17) is 0 Å². The summed E-state index contributed by atoms with van der Waals surface area (Å²) in [4.78, 5) is 10.3. The van der Waals surface area contributed by atoms with Gasteiger partial charge in [-0.2, -0.15) is 0 Å². The third kappa shape index (κ3) is 7.51. The molecular formula is C19H32FN5S. The van der Waals surface area contributed by atoms with Crippen molar-refractivity contribution in [2.45, 2.75) is 24.3 Å². The molecule has 0 saturated carbocycles. The van der Waals surface area contributed by atoms with E-state index >= 15 is 0 Å². The van der Waals surface area contributed by atoms with Crippen molar-refractivity contribution < 1.29 is 4.39 Å². The molecule has 2 N–H and O–H groups in total. The van der Waals surface area contributed by atoms with Crippen LogP contribution in [0.5, 0.6) is 0 Å². The van der Waals surface area contributed by atoms with E-state index in [0.717, 1.165) is 62.3 Å². The van der Waals surface area contributed by atoms with Gasteiger partial charge in [0.05, 0.1) is 0 Å². The predicted molar refractivity (Wildman–Crippen MR) is 110 cm³/mol. The smallest absolute Gasteiger partial charge is 0.191 e. The van der Waals surface area contributed by atoms with E-state index in [9.17, 15) is 4.39 Å². The molecular weight excluding hydrogens is 349 g/mol. The summed E-state index contributed by atoms with van der Waals surface area (Å²) >= 11 is 1.75. The first kappa shape index (κ1) is 21.0. The number of thioether (sulfide) groups is 1. The number of nitrogens with one attached hydrogen (secondary N) is 2. The van der Waals surface area contributed by atoms with Gasteiger partial charge in [0.25, 0.3) is 0 Å². The van der Waals surface area contributed by atoms with Crippen LogP contribution in [0.15, 0.2) is 34.2 Å². The lowest BCUT2D eigenvalue weighted by atomic mass is 10.2. The number of hydrogen-bond acceptors (Lipinski definition) is 4. The lowest BCUT2D eigenvalue weighted by molar-refractivity contribution is 0.120. The first-order valence-corrected chi connectivity index (χ1v) is 10.3. The highest BCUT2D eigenvalue weighted by Crippen LogP contribution is 2.18. The monoisotopic (exact) mass is 381 g/mol. The molecule has 146 valence electrons. The summed E-state index contributed by atoms with van der Waals surface area (Å²) in [5.41, 5.74) is 0. The summed E-state index contributed by atoms with van der Waals surface area (Å²) in [6.45, 7) is 8.58. The lowest BCUT2D eigenvalue weighted by Gasteiger charge is -2.36. The van der Waals surface area contributed by atoms with Crippen LogP contribution in [0, 0.1) is 5.82 Å². The molecule has 1 unspecified atom stereocenters. The molecule has 2 rings (SSSR count). The fraction of sp³-hybridized carbons (Fsp3) is 0.632. The Labute approximate surface area is 161 Å². The number of guanidine groups is 1. The molecule has 0 amide bonds. The van der Waals surface area contributed by atoms with Crippen molar-refractivity contribution in [3.63, 3.8) is 0 Å². The van der Waals surface area contributed by atoms with Gasteiger partial charge >= 0.3 is 0 Å². The van der Waals surface area contributed by atoms with Crippen molar-refractivity contribution in [1.82, 2.24) is 20.4 Å². The number of aliphatic imine (C=N–C) groups is 1. The molecule has 0 spiro atoms. The van der Waals surface area contributed by atoms with Crippen LogP contribution >= 0.6 is 11.8 Å². The molecule has 1 fully saturated rings. The second-order valence-corrected chi connectivity index (χ2v) is 7.89. The molecule has 1 atom stereocenters. The average Bonchev–Trinajstić information content (AvgIpc) is 2.65. The van der Waals surface area contributed by atoms with Gasteiger partial charge in [0.2, 0.25) is 0 Å². The number of likely N-dealkylation sites (N-methyl/N-ethyl adjacent to an activating group) is 1. The Balaban J connectivity index is 1.58. The van der Waals surface area contributed by atoms with Gasteiger partial charge in [0.15, 0.2) is 5.96 Å². The highest BCUT2D eigenvalue weighted by atomic mass is 32.2. The maximum Gasteiger partial charge on any atom is 0.191 e. The Bertz CT molecular complexity index is 543. The summed E-state index contributed by atoms with van der Waals surface area (Å²) in [5.74, 6) is 1.67. The molecule has 26 heavy (non-hydrogen) atoms. The van der Waals surface area contributed by atoms with Gasteiger partial charge in [-0.25, -0.2) is 4.39 Å². The SMILES string of the molecule is CN=C(NCCCSc1ccc(F)cc1)NCC(C)N1CCN(C)CC1. The zero-order valence-corrected chi connectivity index (χ0v) is 17.0. The Morgan fingerprint density at radius 3 is 2.54 bits per heavy atom. The minimum atomic E-state index is -0.184. The summed E-state index contributed by atoms with van der Waals surface area (Å²) < 4.78 is 12.9. The van der Waals surface area contributed by atoms with Gasteiger partial charge in [-0.15, -0.1) is 11.8 Å². The standard InChI is InChI=1S/C19H32FN5S/c1-16(25-12-10-24(3)11-13-25)15-23-19(21-2)22-9-4-14-26-18-7-5-17(20)6-8-18/h5-8,16H,4,9-15H2,1-3H3,(H2,21,22,23). The van der Waals surface area contributed by atoms with Gasteiger partial charge in [0, 0.05) is 57.3 Å². The number of hydrogen-bond donors (Lipinski definition) is 2. The van der Waals surface area contributed by atoms with Crippen LogP contribution in [0.25, 0.3) is 0 Å². The Morgan fingerprint density at radius 1 is 1.19 bits per heavy atom. The number of halogens is 1. The summed E-state index contributed by atoms with van der Waals surface area (Å²) in [6, 6.07) is 7.17. The zero-order chi connectivity index (χ0) is 18.8. The Kier molecular flexibility index (Phi) is 9.22. The van der Waals surface area contributed by atoms with E-state index in [0.29, 0.717) is 6.04 Å². The molecule has 0 aliphatic carbocycles. The average molecular weight is 382 g/mol. The van der Waals surface area contributed by atoms with E-state index in [1.807, 2.05) is 19.2 Å². The van der Waals surface area contributed by atoms with Gasteiger partial charge in [-0.1, -0.05) is 0 Å². The molecule has 1 aromatic rings. The van der Waals surface area contributed by atoms with Crippen molar-refractivity contribution >= 4 is 17.7 Å². The molecule has 1 heterocycles. The number of nitrogens with zero attached hydrogens (tertiary/aromatic N) is 3. The lowest BCUT2D eigenvalue weighted by Crippen LogP contribution is -2.52. The second-order valence-electron chi connectivity index (χ2n) is 6.72. The van der Waals surface area contributed by atoms with Crippen molar-refractivity contribution in [3.8, 4) is 0 Å². The van der Waals surface area contributed by atoms with E-state index < -0.39 is 0 Å². The minimum absolute atomic E-state index is 0.184. The van der Waals surface area contributed by atoms with Crippen LogP contribution in [0.2, 0.25) is 0 Å². The molecule has 0 radical (unpaired) electrons. The van der Waals surface area contributed by atoms with Crippen molar-refractivity contribution in [2.24, 2.45) is 4.99 Å². The quantitative estimate of drug-likeness (QED) is 0.312. The molecule has 0 bridgehead atoms. The third-order valence-electron chi connectivity index (χ3n) is 4.65. The largest absolute Gasteiger partial charge is 0.356 e. The van der Waals surface area contributed by atoms with E-state index in [1.54, 1.807) is 11.8 Å². The second kappa shape index (κ2) is 11.4. The molecule has 1 aliphatic rings. The Morgan fingerprint density at radius 2 is 1.88 bits per heavy atom. The van der Waals surface area contributed by atoms with Crippen molar-refractivity contribution in [1.29, 1.82) is 0 Å². The van der Waals surface area contributed by atoms with E-state index in [-0.39, 0.29) is 5.82 Å². The van der Waals surface area contributed by atoms with Crippen LogP contribution in [-0.4, -0.2) is 80.9 Å².